The van der Waals surface area contributed by atoms with Gasteiger partial charge >= 0.3 is 39.5 Å². The molecule has 0 bridgehead atoms. The molecule has 0 aromatic heterocycles. The Balaban J connectivity index is 5.24. The highest BCUT2D eigenvalue weighted by atomic mass is 31.2. The summed E-state index contributed by atoms with van der Waals surface area (Å²) in [7, 11) is -9.89. The van der Waals surface area contributed by atoms with Gasteiger partial charge in [-0.2, -0.15) is 0 Å². The van der Waals surface area contributed by atoms with Gasteiger partial charge in [-0.25, -0.2) is 9.13 Å². The van der Waals surface area contributed by atoms with Gasteiger partial charge in [0.25, 0.3) is 0 Å². The highest BCUT2D eigenvalue weighted by Gasteiger charge is 2.30. The molecule has 0 heterocycles. The van der Waals surface area contributed by atoms with Crippen LogP contribution in [0, 0.1) is 23.7 Å². The van der Waals surface area contributed by atoms with Gasteiger partial charge in [-0.05, 0) is 49.4 Å². The lowest BCUT2D eigenvalue weighted by Crippen LogP contribution is -2.30. The fraction of sp³-hybridized carbons (Fsp3) is 0.939. The molecule has 0 amide bonds. The number of carbonyl (C=O) groups excluding carboxylic acids is 4. The van der Waals surface area contributed by atoms with E-state index in [1.807, 2.05) is 0 Å². The molecule has 0 saturated heterocycles. The molecular weight excluding hydrogens is 1130 g/mol. The van der Waals surface area contributed by atoms with Crippen molar-refractivity contribution < 1.29 is 80.2 Å². The average Bonchev–Trinajstić information content (AvgIpc) is 3.58. The van der Waals surface area contributed by atoms with E-state index in [-0.39, 0.29) is 25.7 Å². The zero-order valence-electron chi connectivity index (χ0n) is 55.2. The number of carbonyl (C=O) groups is 4. The highest BCUT2D eigenvalue weighted by Crippen LogP contribution is 2.45. The third-order valence-electron chi connectivity index (χ3n) is 15.4. The summed E-state index contributed by atoms with van der Waals surface area (Å²) in [5.74, 6) is 0.783. The van der Waals surface area contributed by atoms with Crippen molar-refractivity contribution in [2.24, 2.45) is 23.7 Å². The van der Waals surface area contributed by atoms with Gasteiger partial charge in [0, 0.05) is 25.7 Å². The van der Waals surface area contributed by atoms with Crippen molar-refractivity contribution in [3.05, 3.63) is 0 Å². The summed E-state index contributed by atoms with van der Waals surface area (Å²) in [4.78, 5) is 72.3. The molecule has 0 aliphatic carbocycles. The number of phosphoric ester groups is 2. The Bertz CT molecular complexity index is 1700. The Kier molecular flexibility index (Phi) is 54.8. The summed E-state index contributed by atoms with van der Waals surface area (Å²) in [6, 6.07) is 0. The molecule has 17 nitrogen and oxygen atoms in total. The number of aliphatic hydroxyl groups excluding tert-OH is 1. The molecule has 3 N–H and O–H groups in total. The minimum atomic E-state index is -4.95. The molecule has 0 fully saturated rings. The number of rotatable bonds is 63. The molecule has 6 atom stereocenters. The first-order valence-corrected chi connectivity index (χ1v) is 37.2. The minimum Gasteiger partial charge on any atom is -0.462 e. The van der Waals surface area contributed by atoms with Crippen molar-refractivity contribution in [2.75, 3.05) is 39.6 Å². The Morgan fingerprint density at radius 1 is 0.329 bits per heavy atom. The summed E-state index contributed by atoms with van der Waals surface area (Å²) in [5, 5.41) is 10.5. The maximum absolute atomic E-state index is 13.0. The highest BCUT2D eigenvalue weighted by molar-refractivity contribution is 7.47. The van der Waals surface area contributed by atoms with Crippen molar-refractivity contribution in [3.8, 4) is 0 Å². The van der Waals surface area contributed by atoms with E-state index in [1.54, 1.807) is 0 Å². The first kappa shape index (κ1) is 83.1. The standard InChI is InChI=1S/C66H128O17P2/c1-9-59(8)45-37-29-20-15-17-23-32-40-48-65(70)82-61(52-77-64(69)47-39-31-22-16-14-19-27-35-43-57(4)5)54-80-84(72,73)78-50-60(67)51-79-85(74,75)81-55-62(83-66(71)49-41-33-25-24-28-36-44-58(6)7)53-76-63(68)46-38-30-21-13-11-10-12-18-26-34-42-56(2)3/h56-62,67H,9-55H2,1-8H3,(H,72,73)(H,74,75)/t59?,60?,61-,62-/m1/s1. The second kappa shape index (κ2) is 56.1. The van der Waals surface area contributed by atoms with E-state index in [9.17, 15) is 43.2 Å². The van der Waals surface area contributed by atoms with Gasteiger partial charge < -0.3 is 33.8 Å². The van der Waals surface area contributed by atoms with Crippen LogP contribution < -0.4 is 0 Å². The monoisotopic (exact) mass is 1250 g/mol. The number of phosphoric acid groups is 2. The SMILES string of the molecule is CCC(C)CCCCCCCCCCC(=O)O[C@H](COC(=O)CCCCCCCCCCC(C)C)COP(=O)(O)OCC(O)COP(=O)(O)OC[C@@H](COC(=O)CCCCCCCCCCCCC(C)C)OC(=O)CCCCCCCCC(C)C. The van der Waals surface area contributed by atoms with Crippen LogP contribution in [0.1, 0.15) is 319 Å². The Morgan fingerprint density at radius 3 is 0.835 bits per heavy atom. The molecule has 504 valence electrons. The maximum Gasteiger partial charge on any atom is 0.472 e. The lowest BCUT2D eigenvalue weighted by atomic mass is 9.99. The number of esters is 4. The number of hydrogen-bond donors (Lipinski definition) is 3. The first-order chi connectivity index (χ1) is 40.6. The van der Waals surface area contributed by atoms with Crippen LogP contribution in [-0.4, -0.2) is 96.7 Å². The van der Waals surface area contributed by atoms with Crippen LogP contribution in [0.15, 0.2) is 0 Å². The summed E-state index contributed by atoms with van der Waals surface area (Å²) in [6.45, 7) is 14.0. The topological polar surface area (TPSA) is 237 Å². The molecular formula is C66H128O17P2. The van der Waals surface area contributed by atoms with E-state index in [0.29, 0.717) is 31.6 Å². The third-order valence-corrected chi connectivity index (χ3v) is 17.3. The van der Waals surface area contributed by atoms with Crippen LogP contribution in [0.4, 0.5) is 0 Å². The van der Waals surface area contributed by atoms with Gasteiger partial charge in [0.1, 0.15) is 19.3 Å². The summed E-state index contributed by atoms with van der Waals surface area (Å²) in [5.41, 5.74) is 0. The molecule has 0 spiro atoms. The van der Waals surface area contributed by atoms with Crippen LogP contribution in [0.25, 0.3) is 0 Å². The van der Waals surface area contributed by atoms with Crippen LogP contribution in [-0.2, 0) is 65.4 Å². The Morgan fingerprint density at radius 2 is 0.565 bits per heavy atom. The van der Waals surface area contributed by atoms with Crippen LogP contribution in [0.5, 0.6) is 0 Å². The number of unbranched alkanes of at least 4 members (excludes halogenated alkanes) is 28. The van der Waals surface area contributed by atoms with E-state index in [0.717, 1.165) is 108 Å². The molecule has 0 aliphatic rings. The largest absolute Gasteiger partial charge is 0.472 e. The van der Waals surface area contributed by atoms with E-state index in [2.05, 4.69) is 55.4 Å². The Hall–Kier alpha value is -1.94. The molecule has 0 aromatic carbocycles. The van der Waals surface area contributed by atoms with Crippen LogP contribution in [0.3, 0.4) is 0 Å². The normalized spacial score (nSPS) is 14.7. The van der Waals surface area contributed by atoms with Crippen LogP contribution >= 0.6 is 15.6 Å². The average molecular weight is 1260 g/mol. The second-order valence-corrected chi connectivity index (χ2v) is 28.4. The quantitative estimate of drug-likeness (QED) is 0.0222. The molecule has 0 radical (unpaired) electrons. The Labute approximate surface area is 517 Å². The first-order valence-electron chi connectivity index (χ1n) is 34.2. The lowest BCUT2D eigenvalue weighted by Gasteiger charge is -2.21. The second-order valence-electron chi connectivity index (χ2n) is 25.5. The maximum atomic E-state index is 13.0. The van der Waals surface area contributed by atoms with E-state index in [4.69, 9.17) is 37.0 Å². The predicted octanol–water partition coefficient (Wildman–Crippen LogP) is 18.1. The van der Waals surface area contributed by atoms with E-state index >= 15 is 0 Å². The van der Waals surface area contributed by atoms with Crippen molar-refractivity contribution in [3.63, 3.8) is 0 Å². The molecule has 19 heteroatoms. The molecule has 0 aromatic rings. The summed E-state index contributed by atoms with van der Waals surface area (Å²) < 4.78 is 68.1. The van der Waals surface area contributed by atoms with Crippen molar-refractivity contribution in [1.29, 1.82) is 0 Å². The smallest absolute Gasteiger partial charge is 0.462 e. The van der Waals surface area contributed by atoms with Gasteiger partial charge in [-0.3, -0.25) is 37.3 Å². The van der Waals surface area contributed by atoms with E-state index < -0.39 is 97.5 Å². The van der Waals surface area contributed by atoms with Gasteiger partial charge in [0.15, 0.2) is 12.2 Å². The number of ether oxygens (including phenoxy) is 4. The summed E-state index contributed by atoms with van der Waals surface area (Å²) in [6.07, 6.45) is 36.3. The molecule has 4 unspecified atom stereocenters. The van der Waals surface area contributed by atoms with Gasteiger partial charge in [0.2, 0.25) is 0 Å². The minimum absolute atomic E-state index is 0.101. The fourth-order valence-electron chi connectivity index (χ4n) is 9.75. The van der Waals surface area contributed by atoms with Crippen molar-refractivity contribution in [1.82, 2.24) is 0 Å². The molecule has 0 saturated carbocycles. The van der Waals surface area contributed by atoms with Gasteiger partial charge in [-0.1, -0.05) is 267 Å². The van der Waals surface area contributed by atoms with E-state index in [1.165, 1.54) is 122 Å². The molecule has 0 rings (SSSR count). The zero-order valence-corrected chi connectivity index (χ0v) is 57.0. The van der Waals surface area contributed by atoms with Crippen molar-refractivity contribution >= 4 is 39.5 Å². The fourth-order valence-corrected chi connectivity index (χ4v) is 11.3. The van der Waals surface area contributed by atoms with Gasteiger partial charge in [0.05, 0.1) is 26.4 Å². The van der Waals surface area contributed by atoms with Crippen LogP contribution in [0.2, 0.25) is 0 Å². The molecule has 85 heavy (non-hydrogen) atoms. The summed E-state index contributed by atoms with van der Waals surface area (Å²) >= 11 is 0. The van der Waals surface area contributed by atoms with Crippen molar-refractivity contribution in [2.45, 2.75) is 337 Å². The lowest BCUT2D eigenvalue weighted by molar-refractivity contribution is -0.161. The zero-order chi connectivity index (χ0) is 63.2. The molecule has 0 aliphatic heterocycles. The predicted molar refractivity (Wildman–Crippen MR) is 340 cm³/mol. The van der Waals surface area contributed by atoms with Gasteiger partial charge in [-0.15, -0.1) is 0 Å². The third kappa shape index (κ3) is 59.5. The number of aliphatic hydroxyl groups is 1. The number of hydrogen-bond acceptors (Lipinski definition) is 15.